The van der Waals surface area contributed by atoms with Crippen molar-refractivity contribution < 1.29 is 4.42 Å². The topological polar surface area (TPSA) is 60.9 Å². The molecule has 0 amide bonds. The molecule has 0 spiro atoms. The van der Waals surface area contributed by atoms with Gasteiger partial charge in [0.05, 0.1) is 0 Å². The fourth-order valence-corrected chi connectivity index (χ4v) is 4.05. The number of aromatic nitrogens is 3. The molecule has 26 heavy (non-hydrogen) atoms. The van der Waals surface area contributed by atoms with Crippen LogP contribution in [0.25, 0.3) is 11.0 Å². The average molecular weight is 367 g/mol. The molecule has 0 radical (unpaired) electrons. The summed E-state index contributed by atoms with van der Waals surface area (Å²) < 4.78 is 7.53. The molecule has 134 valence electrons. The fraction of sp³-hybridized carbons (Fsp3) is 0.350. The largest absolute Gasteiger partial charge is 0.423 e. The molecule has 1 aliphatic rings. The molecular weight excluding hydrogens is 346 g/mol. The number of hydrogen-bond acceptors (Lipinski definition) is 5. The van der Waals surface area contributed by atoms with Crippen molar-refractivity contribution in [2.75, 3.05) is 0 Å². The highest BCUT2D eigenvalue weighted by Crippen LogP contribution is 2.40. The van der Waals surface area contributed by atoms with E-state index in [1.54, 1.807) is 17.8 Å². The second-order valence-electron chi connectivity index (χ2n) is 6.58. The van der Waals surface area contributed by atoms with Gasteiger partial charge in [-0.1, -0.05) is 36.9 Å². The Balaban J connectivity index is 1.64. The van der Waals surface area contributed by atoms with Gasteiger partial charge in [0.1, 0.15) is 11.4 Å². The molecule has 0 atom stereocenters. The van der Waals surface area contributed by atoms with E-state index >= 15 is 0 Å². The van der Waals surface area contributed by atoms with E-state index in [1.807, 2.05) is 18.2 Å². The first-order valence-electron chi connectivity index (χ1n) is 8.92. The molecule has 1 fully saturated rings. The second-order valence-corrected chi connectivity index (χ2v) is 7.52. The van der Waals surface area contributed by atoms with Gasteiger partial charge in [0.2, 0.25) is 0 Å². The molecule has 1 aliphatic carbocycles. The molecule has 3 aromatic rings. The van der Waals surface area contributed by atoms with Crippen LogP contribution in [0.2, 0.25) is 0 Å². The lowest BCUT2D eigenvalue weighted by Gasteiger charge is -2.08. The Morgan fingerprint density at radius 1 is 1.35 bits per heavy atom. The standard InChI is InChI=1S/C20H21N3O2S/c1-3-9-23-19(14-6-7-14)21-22-20(23)26-12-15-11-18(24)25-17-10-13(4-2)5-8-16(15)17/h3,5,8,10-11,14H,1,4,6-7,9,12H2,2H3. The van der Waals surface area contributed by atoms with Gasteiger partial charge in [-0.3, -0.25) is 0 Å². The molecule has 0 N–H and O–H groups in total. The van der Waals surface area contributed by atoms with E-state index in [9.17, 15) is 4.79 Å². The van der Waals surface area contributed by atoms with E-state index in [0.29, 0.717) is 23.8 Å². The normalized spacial score (nSPS) is 14.0. The van der Waals surface area contributed by atoms with Gasteiger partial charge in [0.25, 0.3) is 0 Å². The Morgan fingerprint density at radius 2 is 2.19 bits per heavy atom. The maximum absolute atomic E-state index is 12.0. The summed E-state index contributed by atoms with van der Waals surface area (Å²) in [6.45, 7) is 6.64. The third-order valence-electron chi connectivity index (χ3n) is 4.66. The van der Waals surface area contributed by atoms with Gasteiger partial charge in [-0.05, 0) is 36.5 Å². The average Bonchev–Trinajstić information content (AvgIpc) is 3.41. The second kappa shape index (κ2) is 7.11. The number of fused-ring (bicyclic) bond motifs is 1. The summed E-state index contributed by atoms with van der Waals surface area (Å²) in [6, 6.07) is 7.66. The minimum Gasteiger partial charge on any atom is -0.423 e. The smallest absolute Gasteiger partial charge is 0.336 e. The van der Waals surface area contributed by atoms with E-state index in [2.05, 4.69) is 34.3 Å². The highest BCUT2D eigenvalue weighted by molar-refractivity contribution is 7.98. The maximum atomic E-state index is 12.0. The van der Waals surface area contributed by atoms with Crippen molar-refractivity contribution in [3.8, 4) is 0 Å². The number of allylic oxidation sites excluding steroid dienone is 1. The van der Waals surface area contributed by atoms with Crippen LogP contribution in [-0.4, -0.2) is 14.8 Å². The van der Waals surface area contributed by atoms with Crippen molar-refractivity contribution >= 4 is 22.7 Å². The molecule has 4 rings (SSSR count). The van der Waals surface area contributed by atoms with E-state index in [0.717, 1.165) is 33.9 Å². The molecular formula is C20H21N3O2S. The predicted molar refractivity (Wildman–Crippen MR) is 104 cm³/mol. The summed E-state index contributed by atoms with van der Waals surface area (Å²) in [4.78, 5) is 12.0. The van der Waals surface area contributed by atoms with Gasteiger partial charge < -0.3 is 8.98 Å². The van der Waals surface area contributed by atoms with Crippen molar-refractivity contribution in [2.24, 2.45) is 0 Å². The third-order valence-corrected chi connectivity index (χ3v) is 5.67. The Labute approximate surface area is 156 Å². The number of rotatable bonds is 7. The Hall–Kier alpha value is -2.34. The quantitative estimate of drug-likeness (QED) is 0.354. The minimum atomic E-state index is -0.312. The lowest BCUT2D eigenvalue weighted by atomic mass is 10.1. The van der Waals surface area contributed by atoms with Gasteiger partial charge in [0, 0.05) is 29.7 Å². The van der Waals surface area contributed by atoms with E-state index < -0.39 is 0 Å². The van der Waals surface area contributed by atoms with Gasteiger partial charge in [-0.15, -0.1) is 16.8 Å². The molecule has 1 aromatic carbocycles. The fourth-order valence-electron chi connectivity index (χ4n) is 3.11. The summed E-state index contributed by atoms with van der Waals surface area (Å²) in [7, 11) is 0. The van der Waals surface area contributed by atoms with Crippen molar-refractivity contribution in [1.82, 2.24) is 14.8 Å². The Kier molecular flexibility index (Phi) is 4.68. The molecule has 0 saturated heterocycles. The predicted octanol–water partition coefficient (Wildman–Crippen LogP) is 4.30. The first kappa shape index (κ1) is 17.1. The lowest BCUT2D eigenvalue weighted by molar-refractivity contribution is 0.559. The first-order valence-corrected chi connectivity index (χ1v) is 9.90. The molecule has 0 bridgehead atoms. The number of benzene rings is 1. The van der Waals surface area contributed by atoms with Crippen LogP contribution in [0.3, 0.4) is 0 Å². The molecule has 0 unspecified atom stereocenters. The third kappa shape index (κ3) is 3.33. The van der Waals surface area contributed by atoms with Crippen LogP contribution in [0.4, 0.5) is 0 Å². The highest BCUT2D eigenvalue weighted by atomic mass is 32.2. The van der Waals surface area contributed by atoms with Gasteiger partial charge in [0.15, 0.2) is 5.16 Å². The first-order chi connectivity index (χ1) is 12.7. The molecule has 2 heterocycles. The van der Waals surface area contributed by atoms with E-state index in [1.165, 1.54) is 12.8 Å². The van der Waals surface area contributed by atoms with Crippen LogP contribution in [0.1, 0.15) is 42.6 Å². The summed E-state index contributed by atoms with van der Waals surface area (Å²) >= 11 is 1.60. The SMILES string of the molecule is C=CCn1c(SCc2cc(=O)oc3cc(CC)ccc23)nnc1C1CC1. The van der Waals surface area contributed by atoms with Crippen molar-refractivity contribution in [3.63, 3.8) is 0 Å². The zero-order valence-electron chi connectivity index (χ0n) is 14.8. The van der Waals surface area contributed by atoms with Crippen LogP contribution >= 0.6 is 11.8 Å². The molecule has 6 heteroatoms. The van der Waals surface area contributed by atoms with Crippen LogP contribution in [-0.2, 0) is 18.7 Å². The van der Waals surface area contributed by atoms with Crippen molar-refractivity contribution in [3.05, 3.63) is 64.3 Å². The maximum Gasteiger partial charge on any atom is 0.336 e. The van der Waals surface area contributed by atoms with Crippen molar-refractivity contribution in [1.29, 1.82) is 0 Å². The van der Waals surface area contributed by atoms with Crippen LogP contribution in [0.15, 0.2) is 51.3 Å². The molecule has 1 saturated carbocycles. The van der Waals surface area contributed by atoms with E-state index in [-0.39, 0.29) is 5.63 Å². The Morgan fingerprint density at radius 3 is 2.92 bits per heavy atom. The summed E-state index contributed by atoms with van der Waals surface area (Å²) in [5.41, 5.74) is 2.46. The molecule has 0 aliphatic heterocycles. The van der Waals surface area contributed by atoms with Gasteiger partial charge >= 0.3 is 5.63 Å². The number of nitrogens with zero attached hydrogens (tertiary/aromatic N) is 3. The number of hydrogen-bond donors (Lipinski definition) is 0. The van der Waals surface area contributed by atoms with Gasteiger partial charge in [-0.2, -0.15) is 0 Å². The molecule has 2 aromatic heterocycles. The van der Waals surface area contributed by atoms with Crippen LogP contribution in [0.5, 0.6) is 0 Å². The Bertz CT molecular complexity index is 1020. The zero-order chi connectivity index (χ0) is 18.1. The lowest BCUT2D eigenvalue weighted by Crippen LogP contribution is -2.03. The summed E-state index contributed by atoms with van der Waals surface area (Å²) in [5.74, 6) is 2.24. The highest BCUT2D eigenvalue weighted by Gasteiger charge is 2.30. The minimum absolute atomic E-state index is 0.312. The summed E-state index contributed by atoms with van der Waals surface area (Å²) in [6.07, 6.45) is 5.15. The van der Waals surface area contributed by atoms with Gasteiger partial charge in [-0.25, -0.2) is 4.79 Å². The zero-order valence-corrected chi connectivity index (χ0v) is 15.6. The van der Waals surface area contributed by atoms with Crippen molar-refractivity contribution in [2.45, 2.75) is 49.6 Å². The van der Waals surface area contributed by atoms with Crippen LogP contribution in [0, 0.1) is 0 Å². The molecule has 5 nitrogen and oxygen atoms in total. The number of aryl methyl sites for hydroxylation is 1. The van der Waals surface area contributed by atoms with Crippen LogP contribution < -0.4 is 5.63 Å². The number of thioether (sulfide) groups is 1. The van der Waals surface area contributed by atoms with E-state index in [4.69, 9.17) is 4.42 Å². The monoisotopic (exact) mass is 367 g/mol. The summed E-state index contributed by atoms with van der Waals surface area (Å²) in [5, 5.41) is 10.6.